The predicted molar refractivity (Wildman–Crippen MR) is 114 cm³/mol. The Morgan fingerprint density at radius 2 is 1.89 bits per heavy atom. The van der Waals surface area contributed by atoms with E-state index < -0.39 is 0 Å². The van der Waals surface area contributed by atoms with Crippen molar-refractivity contribution >= 4 is 50.7 Å². The highest BCUT2D eigenvalue weighted by Crippen LogP contribution is 2.25. The molecule has 3 rings (SSSR count). The Morgan fingerprint density at radius 3 is 2.54 bits per heavy atom. The number of aryl methyl sites for hydroxylation is 1. The topological polar surface area (TPSA) is 69.7 Å². The van der Waals surface area contributed by atoms with Gasteiger partial charge in [-0.1, -0.05) is 12.1 Å². The molecule has 0 atom stereocenters. The van der Waals surface area contributed by atoms with E-state index in [2.05, 4.69) is 21.2 Å². The van der Waals surface area contributed by atoms with Crippen LogP contribution in [-0.2, 0) is 4.79 Å². The quantitative estimate of drug-likeness (QED) is 0.733. The Labute approximate surface area is 176 Å². The summed E-state index contributed by atoms with van der Waals surface area (Å²) in [6, 6.07) is 8.93. The second-order valence-corrected chi connectivity index (χ2v) is 9.27. The molecule has 2 heterocycles. The number of para-hydroxylation sites is 1. The fraction of sp³-hybridized carbons (Fsp3) is 0.350. The number of nitrogens with one attached hydrogen (secondary N) is 1. The molecule has 0 spiro atoms. The van der Waals surface area contributed by atoms with E-state index in [4.69, 9.17) is 0 Å². The molecule has 0 bridgehead atoms. The molecule has 0 saturated carbocycles. The summed E-state index contributed by atoms with van der Waals surface area (Å²) >= 11 is 4.66. The lowest BCUT2D eigenvalue weighted by atomic mass is 10.1. The Bertz CT molecular complexity index is 906. The van der Waals surface area contributed by atoms with Gasteiger partial charge < -0.3 is 15.1 Å². The summed E-state index contributed by atoms with van der Waals surface area (Å²) in [5.41, 5.74) is 1.82. The number of carbonyl (C=O) groups excluding carboxylic acids is 3. The Balaban J connectivity index is 1.71. The van der Waals surface area contributed by atoms with Gasteiger partial charge in [0.15, 0.2) is 0 Å². The first kappa shape index (κ1) is 20.5. The van der Waals surface area contributed by atoms with E-state index in [1.807, 2.05) is 24.0 Å². The molecule has 0 unspecified atom stereocenters. The highest BCUT2D eigenvalue weighted by atomic mass is 79.9. The average Bonchev–Trinajstić information content (AvgIpc) is 3.34. The van der Waals surface area contributed by atoms with Crippen LogP contribution in [0, 0.1) is 6.92 Å². The van der Waals surface area contributed by atoms with Gasteiger partial charge in [0, 0.05) is 20.1 Å². The standard InChI is InChI=1S/C20H22BrN3O3S/c1-13-6-5-7-14(19(26)24-10-3-4-11-24)18(13)22-17(25)12-23(2)20(27)15-8-9-16(21)28-15/h5-9H,3-4,10-12H2,1-2H3,(H,22,25). The van der Waals surface area contributed by atoms with E-state index in [1.165, 1.54) is 16.2 Å². The van der Waals surface area contributed by atoms with Crippen molar-refractivity contribution in [1.82, 2.24) is 9.80 Å². The molecule has 3 amide bonds. The lowest BCUT2D eigenvalue weighted by Crippen LogP contribution is -2.35. The molecule has 1 N–H and O–H groups in total. The Kier molecular flexibility index (Phi) is 6.51. The number of thiophene rings is 1. The lowest BCUT2D eigenvalue weighted by molar-refractivity contribution is -0.116. The number of likely N-dealkylation sites (N-methyl/N-ethyl adjacent to an activating group) is 1. The van der Waals surface area contributed by atoms with Gasteiger partial charge in [0.05, 0.1) is 26.5 Å². The van der Waals surface area contributed by atoms with Gasteiger partial charge in [-0.2, -0.15) is 0 Å². The van der Waals surface area contributed by atoms with Crippen LogP contribution in [-0.4, -0.2) is 54.2 Å². The van der Waals surface area contributed by atoms with Gasteiger partial charge in [-0.3, -0.25) is 14.4 Å². The number of halogens is 1. The summed E-state index contributed by atoms with van der Waals surface area (Å²) in [6.45, 7) is 3.25. The van der Waals surface area contributed by atoms with Crippen LogP contribution >= 0.6 is 27.3 Å². The molecular weight excluding hydrogens is 442 g/mol. The van der Waals surface area contributed by atoms with Crippen LogP contribution in [0.3, 0.4) is 0 Å². The largest absolute Gasteiger partial charge is 0.339 e. The van der Waals surface area contributed by atoms with Gasteiger partial charge in [0.2, 0.25) is 5.91 Å². The van der Waals surface area contributed by atoms with E-state index in [-0.39, 0.29) is 24.3 Å². The smallest absolute Gasteiger partial charge is 0.264 e. The molecule has 8 heteroatoms. The minimum absolute atomic E-state index is 0.0654. The van der Waals surface area contributed by atoms with E-state index in [1.54, 1.807) is 25.2 Å². The minimum Gasteiger partial charge on any atom is -0.339 e. The Hall–Kier alpha value is -2.19. The van der Waals surface area contributed by atoms with Crippen molar-refractivity contribution in [3.05, 3.63) is 50.1 Å². The number of carbonyl (C=O) groups is 3. The first-order chi connectivity index (χ1) is 13.4. The molecule has 1 saturated heterocycles. The fourth-order valence-corrected chi connectivity index (χ4v) is 4.57. The van der Waals surface area contributed by atoms with Gasteiger partial charge >= 0.3 is 0 Å². The summed E-state index contributed by atoms with van der Waals surface area (Å²) < 4.78 is 0.860. The van der Waals surface area contributed by atoms with Crippen LogP contribution in [0.1, 0.15) is 38.4 Å². The maximum Gasteiger partial charge on any atom is 0.264 e. The van der Waals surface area contributed by atoms with Crippen molar-refractivity contribution in [3.63, 3.8) is 0 Å². The zero-order valence-corrected chi connectivity index (χ0v) is 18.2. The van der Waals surface area contributed by atoms with Crippen LogP contribution in [0.4, 0.5) is 5.69 Å². The molecular formula is C20H22BrN3O3S. The maximum absolute atomic E-state index is 12.8. The van der Waals surface area contributed by atoms with E-state index in [0.29, 0.717) is 16.1 Å². The van der Waals surface area contributed by atoms with Gasteiger partial charge in [-0.15, -0.1) is 11.3 Å². The maximum atomic E-state index is 12.8. The number of anilines is 1. The van der Waals surface area contributed by atoms with Gasteiger partial charge in [-0.05, 0) is 59.5 Å². The normalized spacial score (nSPS) is 13.5. The van der Waals surface area contributed by atoms with E-state index >= 15 is 0 Å². The monoisotopic (exact) mass is 463 g/mol. The molecule has 6 nitrogen and oxygen atoms in total. The number of hydrogen-bond donors (Lipinski definition) is 1. The third kappa shape index (κ3) is 4.62. The predicted octanol–water partition coefficient (Wildman–Crippen LogP) is 3.77. The highest BCUT2D eigenvalue weighted by Gasteiger charge is 2.24. The molecule has 1 aromatic carbocycles. The number of rotatable bonds is 5. The molecule has 0 radical (unpaired) electrons. The van der Waals surface area contributed by atoms with Gasteiger partial charge in [0.1, 0.15) is 0 Å². The molecule has 1 aliphatic rings. The van der Waals surface area contributed by atoms with Crippen molar-refractivity contribution in [2.24, 2.45) is 0 Å². The third-order valence-corrected chi connectivity index (χ3v) is 6.28. The van der Waals surface area contributed by atoms with E-state index in [9.17, 15) is 14.4 Å². The molecule has 1 fully saturated rings. The van der Waals surface area contributed by atoms with Crippen LogP contribution in [0.15, 0.2) is 34.1 Å². The third-order valence-electron chi connectivity index (χ3n) is 4.67. The van der Waals surface area contributed by atoms with Crippen LogP contribution < -0.4 is 5.32 Å². The zero-order valence-electron chi connectivity index (χ0n) is 15.8. The summed E-state index contributed by atoms with van der Waals surface area (Å²) in [5.74, 6) is -0.621. The summed E-state index contributed by atoms with van der Waals surface area (Å²) in [5, 5.41) is 2.84. The fourth-order valence-electron chi connectivity index (χ4n) is 3.19. The summed E-state index contributed by atoms with van der Waals surface area (Å²) in [7, 11) is 1.59. The van der Waals surface area contributed by atoms with Crippen molar-refractivity contribution in [3.8, 4) is 0 Å². The molecule has 28 heavy (non-hydrogen) atoms. The second kappa shape index (κ2) is 8.87. The first-order valence-electron chi connectivity index (χ1n) is 9.06. The van der Waals surface area contributed by atoms with Gasteiger partial charge in [0.25, 0.3) is 11.8 Å². The number of hydrogen-bond acceptors (Lipinski definition) is 4. The molecule has 1 aliphatic heterocycles. The first-order valence-corrected chi connectivity index (χ1v) is 10.7. The van der Waals surface area contributed by atoms with Crippen molar-refractivity contribution < 1.29 is 14.4 Å². The van der Waals surface area contributed by atoms with Crippen LogP contribution in [0.5, 0.6) is 0 Å². The van der Waals surface area contributed by atoms with Crippen LogP contribution in [0.25, 0.3) is 0 Å². The number of nitrogens with zero attached hydrogens (tertiary/aromatic N) is 2. The van der Waals surface area contributed by atoms with Crippen molar-refractivity contribution in [1.29, 1.82) is 0 Å². The SMILES string of the molecule is Cc1cccc(C(=O)N2CCCC2)c1NC(=O)CN(C)C(=O)c1ccc(Br)s1. The molecule has 1 aromatic heterocycles. The summed E-state index contributed by atoms with van der Waals surface area (Å²) in [4.78, 5) is 41.6. The minimum atomic E-state index is -0.337. The lowest BCUT2D eigenvalue weighted by Gasteiger charge is -2.20. The average molecular weight is 464 g/mol. The molecule has 2 aromatic rings. The summed E-state index contributed by atoms with van der Waals surface area (Å²) in [6.07, 6.45) is 2.01. The molecule has 0 aliphatic carbocycles. The Morgan fingerprint density at radius 1 is 1.18 bits per heavy atom. The second-order valence-electron chi connectivity index (χ2n) is 6.81. The van der Waals surface area contributed by atoms with E-state index in [0.717, 1.165) is 35.3 Å². The highest BCUT2D eigenvalue weighted by molar-refractivity contribution is 9.11. The van der Waals surface area contributed by atoms with Crippen molar-refractivity contribution in [2.75, 3.05) is 32.0 Å². The number of benzene rings is 1. The van der Waals surface area contributed by atoms with Crippen LogP contribution in [0.2, 0.25) is 0 Å². The molecule has 148 valence electrons. The van der Waals surface area contributed by atoms with Crippen molar-refractivity contribution in [2.45, 2.75) is 19.8 Å². The number of likely N-dealkylation sites (tertiary alicyclic amines) is 1. The van der Waals surface area contributed by atoms with Gasteiger partial charge in [-0.25, -0.2) is 0 Å². The number of amides is 3. The zero-order chi connectivity index (χ0) is 20.3.